The van der Waals surface area contributed by atoms with Crippen LogP contribution in [0.3, 0.4) is 0 Å². The molecule has 0 fully saturated rings. The number of rotatable bonds is 2. The summed E-state index contributed by atoms with van der Waals surface area (Å²) in [4.78, 5) is 7.54. The van der Waals surface area contributed by atoms with E-state index in [4.69, 9.17) is 34.8 Å². The molecular weight excluding hydrogens is 298 g/mol. The van der Waals surface area contributed by atoms with Crippen LogP contribution in [0.25, 0.3) is 0 Å². The predicted octanol–water partition coefficient (Wildman–Crippen LogP) is 4.84. The molecule has 0 aliphatic carbocycles. The Hall–Kier alpha value is -1.16. The molecule has 18 heavy (non-hydrogen) atoms. The standard InChI is InChI=1S/C12H6Cl3FN2/c13-8-4-2-1-3-7(8)11(14)18-9-5-6-17-12(15)10(9)16/h1-6H. The molecule has 1 heterocycles. The number of halogens is 4. The van der Waals surface area contributed by atoms with E-state index in [1.807, 2.05) is 0 Å². The van der Waals surface area contributed by atoms with Crippen LogP contribution in [-0.4, -0.2) is 10.2 Å². The molecule has 0 aliphatic heterocycles. The summed E-state index contributed by atoms with van der Waals surface area (Å²) in [6, 6.07) is 8.26. The highest BCUT2D eigenvalue weighted by Gasteiger charge is 2.09. The largest absolute Gasteiger partial charge is 0.241 e. The van der Waals surface area contributed by atoms with Gasteiger partial charge in [0, 0.05) is 11.8 Å². The van der Waals surface area contributed by atoms with Crippen LogP contribution >= 0.6 is 34.8 Å². The molecule has 0 amide bonds. The summed E-state index contributed by atoms with van der Waals surface area (Å²) in [6.07, 6.45) is 1.35. The minimum atomic E-state index is -0.718. The Morgan fingerprint density at radius 3 is 2.61 bits per heavy atom. The fraction of sp³-hybridized carbons (Fsp3) is 0. The van der Waals surface area contributed by atoms with Crippen LogP contribution in [-0.2, 0) is 0 Å². The summed E-state index contributed by atoms with van der Waals surface area (Å²) in [7, 11) is 0. The molecule has 2 rings (SSSR count). The number of pyridine rings is 1. The van der Waals surface area contributed by atoms with Gasteiger partial charge in [-0.1, -0.05) is 53.0 Å². The molecule has 2 nitrogen and oxygen atoms in total. The number of hydrogen-bond donors (Lipinski definition) is 0. The van der Waals surface area contributed by atoms with Crippen molar-refractivity contribution >= 4 is 45.7 Å². The number of aromatic nitrogens is 1. The molecule has 0 unspecified atom stereocenters. The van der Waals surface area contributed by atoms with Crippen LogP contribution in [0.15, 0.2) is 41.5 Å². The Balaban J connectivity index is 2.45. The van der Waals surface area contributed by atoms with Crippen molar-refractivity contribution in [1.82, 2.24) is 4.98 Å². The molecule has 2 aromatic rings. The summed E-state index contributed by atoms with van der Waals surface area (Å²) < 4.78 is 13.6. The fourth-order valence-corrected chi connectivity index (χ4v) is 1.97. The second kappa shape index (κ2) is 5.65. The van der Waals surface area contributed by atoms with Gasteiger partial charge in [-0.2, -0.15) is 0 Å². The van der Waals surface area contributed by atoms with E-state index in [0.29, 0.717) is 10.6 Å². The van der Waals surface area contributed by atoms with Crippen molar-refractivity contribution < 1.29 is 4.39 Å². The molecule has 0 saturated heterocycles. The molecule has 1 aromatic carbocycles. The molecule has 0 spiro atoms. The normalized spacial score (nSPS) is 11.7. The minimum Gasteiger partial charge on any atom is -0.241 e. The summed E-state index contributed by atoms with van der Waals surface area (Å²) in [5.74, 6) is -0.718. The lowest BCUT2D eigenvalue weighted by atomic mass is 10.2. The summed E-state index contributed by atoms with van der Waals surface area (Å²) in [6.45, 7) is 0. The molecule has 0 atom stereocenters. The van der Waals surface area contributed by atoms with E-state index in [1.165, 1.54) is 12.3 Å². The monoisotopic (exact) mass is 302 g/mol. The number of aliphatic imine (C=N–C) groups is 1. The highest BCUT2D eigenvalue weighted by molar-refractivity contribution is 6.70. The molecule has 92 valence electrons. The van der Waals surface area contributed by atoms with Crippen LogP contribution < -0.4 is 0 Å². The summed E-state index contributed by atoms with van der Waals surface area (Å²) >= 11 is 17.5. The van der Waals surface area contributed by atoms with Gasteiger partial charge >= 0.3 is 0 Å². The predicted molar refractivity (Wildman–Crippen MR) is 72.7 cm³/mol. The van der Waals surface area contributed by atoms with Gasteiger partial charge in [-0.05, 0) is 12.1 Å². The first kappa shape index (κ1) is 13.3. The van der Waals surface area contributed by atoms with Gasteiger partial charge in [-0.15, -0.1) is 0 Å². The summed E-state index contributed by atoms with van der Waals surface area (Å²) in [5, 5.41) is 0.272. The van der Waals surface area contributed by atoms with Gasteiger partial charge in [-0.3, -0.25) is 0 Å². The Morgan fingerprint density at radius 2 is 1.89 bits per heavy atom. The first-order chi connectivity index (χ1) is 8.59. The molecule has 0 bridgehead atoms. The second-order valence-electron chi connectivity index (χ2n) is 3.32. The minimum absolute atomic E-state index is 0.0138. The van der Waals surface area contributed by atoms with Crippen molar-refractivity contribution in [3.63, 3.8) is 0 Å². The van der Waals surface area contributed by atoms with Gasteiger partial charge in [0.05, 0.1) is 5.02 Å². The van der Waals surface area contributed by atoms with E-state index in [9.17, 15) is 4.39 Å². The molecular formula is C12H6Cl3FN2. The molecule has 0 aliphatic rings. The van der Waals surface area contributed by atoms with Gasteiger partial charge in [0.25, 0.3) is 0 Å². The topological polar surface area (TPSA) is 25.2 Å². The van der Waals surface area contributed by atoms with Gasteiger partial charge in [0.2, 0.25) is 0 Å². The van der Waals surface area contributed by atoms with Crippen molar-refractivity contribution in [3.05, 3.63) is 58.1 Å². The third-order valence-electron chi connectivity index (χ3n) is 2.14. The Morgan fingerprint density at radius 1 is 1.17 bits per heavy atom. The maximum absolute atomic E-state index is 13.6. The van der Waals surface area contributed by atoms with Crippen LogP contribution in [0.1, 0.15) is 5.56 Å². The molecule has 0 N–H and O–H groups in total. The smallest absolute Gasteiger partial charge is 0.186 e. The second-order valence-corrected chi connectivity index (χ2v) is 4.44. The molecule has 0 saturated carbocycles. The van der Waals surface area contributed by atoms with E-state index in [-0.39, 0.29) is 16.0 Å². The Kier molecular flexibility index (Phi) is 4.17. The quantitative estimate of drug-likeness (QED) is 0.575. The van der Waals surface area contributed by atoms with E-state index in [1.54, 1.807) is 24.3 Å². The maximum Gasteiger partial charge on any atom is 0.186 e. The van der Waals surface area contributed by atoms with E-state index in [2.05, 4.69) is 9.98 Å². The third kappa shape index (κ3) is 2.80. The third-order valence-corrected chi connectivity index (χ3v) is 3.02. The van der Waals surface area contributed by atoms with Gasteiger partial charge in [0.1, 0.15) is 10.9 Å². The van der Waals surface area contributed by atoms with Crippen LogP contribution in [0.5, 0.6) is 0 Å². The zero-order valence-corrected chi connectivity index (χ0v) is 11.1. The maximum atomic E-state index is 13.6. The lowest BCUT2D eigenvalue weighted by Crippen LogP contribution is -1.92. The van der Waals surface area contributed by atoms with Crippen molar-refractivity contribution in [2.45, 2.75) is 0 Å². The highest BCUT2D eigenvalue weighted by atomic mass is 35.5. The first-order valence-electron chi connectivity index (χ1n) is 4.88. The molecule has 0 radical (unpaired) electrons. The SMILES string of the molecule is Fc1c(N=C(Cl)c2ccccc2Cl)ccnc1Cl. The number of nitrogens with zero attached hydrogens (tertiary/aromatic N) is 2. The zero-order chi connectivity index (χ0) is 13.1. The van der Waals surface area contributed by atoms with Gasteiger partial charge in [0.15, 0.2) is 11.0 Å². The van der Waals surface area contributed by atoms with E-state index in [0.717, 1.165) is 0 Å². The Labute approximate surface area is 118 Å². The zero-order valence-electron chi connectivity index (χ0n) is 8.87. The fourth-order valence-electron chi connectivity index (χ4n) is 1.29. The van der Waals surface area contributed by atoms with Crippen molar-refractivity contribution in [2.24, 2.45) is 4.99 Å². The van der Waals surface area contributed by atoms with Crippen molar-refractivity contribution in [3.8, 4) is 0 Å². The van der Waals surface area contributed by atoms with E-state index >= 15 is 0 Å². The number of benzene rings is 1. The van der Waals surface area contributed by atoms with Gasteiger partial charge < -0.3 is 0 Å². The van der Waals surface area contributed by atoms with Crippen LogP contribution in [0.4, 0.5) is 10.1 Å². The summed E-state index contributed by atoms with van der Waals surface area (Å²) in [5.41, 5.74) is 0.535. The van der Waals surface area contributed by atoms with Crippen molar-refractivity contribution in [1.29, 1.82) is 0 Å². The van der Waals surface area contributed by atoms with Crippen LogP contribution in [0, 0.1) is 5.82 Å². The van der Waals surface area contributed by atoms with Crippen LogP contribution in [0.2, 0.25) is 10.2 Å². The average Bonchev–Trinajstić information content (AvgIpc) is 2.35. The molecule has 1 aromatic heterocycles. The van der Waals surface area contributed by atoms with E-state index < -0.39 is 5.82 Å². The Bertz CT molecular complexity index is 614. The number of hydrogen-bond acceptors (Lipinski definition) is 2. The van der Waals surface area contributed by atoms with Gasteiger partial charge in [-0.25, -0.2) is 14.4 Å². The lowest BCUT2D eigenvalue weighted by molar-refractivity contribution is 0.624. The first-order valence-corrected chi connectivity index (χ1v) is 6.02. The average molecular weight is 304 g/mol. The lowest BCUT2D eigenvalue weighted by Gasteiger charge is -2.02. The van der Waals surface area contributed by atoms with Crippen molar-refractivity contribution in [2.75, 3.05) is 0 Å². The molecule has 6 heteroatoms. The highest BCUT2D eigenvalue weighted by Crippen LogP contribution is 2.25.